The van der Waals surface area contributed by atoms with Gasteiger partial charge in [0, 0.05) is 0 Å². The maximum Gasteiger partial charge on any atom is 0.416 e. The van der Waals surface area contributed by atoms with Crippen molar-refractivity contribution in [3.8, 4) is 0 Å². The number of nitrogens with zero attached hydrogens (tertiary/aromatic N) is 1. The number of quaternary nitrogens is 1. The van der Waals surface area contributed by atoms with Crippen molar-refractivity contribution in [2.75, 3.05) is 26.2 Å². The van der Waals surface area contributed by atoms with Gasteiger partial charge in [0.2, 0.25) is 0 Å². The molecule has 17 heteroatoms. The molecule has 2 heterocycles. The molecular formula is C40H36F12NO4+. The summed E-state index contributed by atoms with van der Waals surface area (Å²) in [4.78, 5) is 0. The van der Waals surface area contributed by atoms with E-state index in [0.29, 0.717) is 48.4 Å². The molecule has 57 heavy (non-hydrogen) atoms. The van der Waals surface area contributed by atoms with E-state index < -0.39 is 71.4 Å². The van der Waals surface area contributed by atoms with Gasteiger partial charge >= 0.3 is 24.7 Å². The summed E-state index contributed by atoms with van der Waals surface area (Å²) in [7, 11) is 0. The lowest BCUT2D eigenvalue weighted by molar-refractivity contribution is -0.910. The highest BCUT2D eigenvalue weighted by molar-refractivity contribution is 5.27. The van der Waals surface area contributed by atoms with E-state index in [1.165, 1.54) is 48.5 Å². The van der Waals surface area contributed by atoms with Gasteiger partial charge in [0.1, 0.15) is 50.6 Å². The smallest absolute Gasteiger partial charge is 0.365 e. The van der Waals surface area contributed by atoms with Gasteiger partial charge in [-0.2, -0.15) is 52.7 Å². The number of benzene rings is 4. The van der Waals surface area contributed by atoms with Crippen LogP contribution >= 0.6 is 0 Å². The number of alkyl halides is 12. The van der Waals surface area contributed by atoms with Crippen LogP contribution in [0.15, 0.2) is 97.1 Å². The Labute approximate surface area is 319 Å². The quantitative estimate of drug-likeness (QED) is 0.105. The number of ether oxygens (including phenoxy) is 4. The first-order chi connectivity index (χ1) is 26.7. The van der Waals surface area contributed by atoms with Crippen LogP contribution in [0.25, 0.3) is 0 Å². The van der Waals surface area contributed by atoms with Crippen molar-refractivity contribution in [2.45, 2.75) is 75.5 Å². The molecular weight excluding hydrogens is 786 g/mol. The van der Waals surface area contributed by atoms with Gasteiger partial charge in [0.05, 0.1) is 48.7 Å². The molecule has 0 unspecified atom stereocenters. The maximum absolute atomic E-state index is 13.2. The Morgan fingerprint density at radius 2 is 0.509 bits per heavy atom. The largest absolute Gasteiger partial charge is 0.416 e. The van der Waals surface area contributed by atoms with E-state index in [1.54, 1.807) is 0 Å². The highest BCUT2D eigenvalue weighted by Crippen LogP contribution is 2.37. The molecule has 308 valence electrons. The molecule has 4 atom stereocenters. The third kappa shape index (κ3) is 11.1. The Morgan fingerprint density at radius 3 is 0.667 bits per heavy atom. The normalized spacial score (nSPS) is 21.4. The molecule has 2 fully saturated rings. The van der Waals surface area contributed by atoms with E-state index >= 15 is 0 Å². The first-order valence-electron chi connectivity index (χ1n) is 17.6. The van der Waals surface area contributed by atoms with Gasteiger partial charge in [0.15, 0.2) is 0 Å². The Hall–Kier alpha value is -4.16. The predicted molar refractivity (Wildman–Crippen MR) is 180 cm³/mol. The third-order valence-corrected chi connectivity index (χ3v) is 10.1. The fourth-order valence-corrected chi connectivity index (χ4v) is 7.06. The fraction of sp³-hybridized carbons (Fsp3) is 0.400. The van der Waals surface area contributed by atoms with Crippen molar-refractivity contribution in [1.29, 1.82) is 0 Å². The van der Waals surface area contributed by atoms with E-state index in [2.05, 4.69) is 0 Å². The van der Waals surface area contributed by atoms with Crippen molar-refractivity contribution < 1.29 is 76.1 Å². The van der Waals surface area contributed by atoms with Gasteiger partial charge in [-0.25, -0.2) is 0 Å². The summed E-state index contributed by atoms with van der Waals surface area (Å²) < 4.78 is 183. The van der Waals surface area contributed by atoms with Crippen LogP contribution in [0.5, 0.6) is 0 Å². The minimum Gasteiger partial charge on any atom is -0.365 e. The molecule has 4 aromatic carbocycles. The standard InChI is InChI=1S/C40H36F12NO4/c41-37(42,43)29-9-1-25(2-10-29)21-54-33-17-53(18-34(33)55-22-26-3-11-30(12-4-26)38(44,45)46)19-35(56-23-27-5-13-31(14-6-27)39(47,48)49)36(20-53)57-24-28-7-15-32(16-8-28)40(50,51)52/h1-16,33-36H,17-24H2/q+1/t33-,34-,35-,36-/m0/s1. The highest BCUT2D eigenvalue weighted by Gasteiger charge is 2.55. The molecule has 0 bridgehead atoms. The second-order valence-electron chi connectivity index (χ2n) is 14.2. The Bertz CT molecular complexity index is 1620. The zero-order chi connectivity index (χ0) is 41.2. The Kier molecular flexibility index (Phi) is 12.4. The van der Waals surface area contributed by atoms with Crippen LogP contribution in [0.3, 0.4) is 0 Å². The summed E-state index contributed by atoms with van der Waals surface area (Å²) in [6.45, 7) is 0.791. The van der Waals surface area contributed by atoms with Crippen LogP contribution < -0.4 is 0 Å². The zero-order valence-corrected chi connectivity index (χ0v) is 29.8. The summed E-state index contributed by atoms with van der Waals surface area (Å²) in [5, 5.41) is 0. The van der Waals surface area contributed by atoms with Gasteiger partial charge < -0.3 is 23.4 Å². The monoisotopic (exact) mass is 822 g/mol. The van der Waals surface area contributed by atoms with Gasteiger partial charge in [-0.1, -0.05) is 48.5 Å². The number of rotatable bonds is 12. The van der Waals surface area contributed by atoms with Crippen LogP contribution in [-0.4, -0.2) is 55.1 Å². The Balaban J connectivity index is 1.20. The summed E-state index contributed by atoms with van der Waals surface area (Å²) in [6, 6.07) is 17.7. The molecule has 2 saturated heterocycles. The van der Waals surface area contributed by atoms with Crippen molar-refractivity contribution in [3.05, 3.63) is 142 Å². The van der Waals surface area contributed by atoms with Crippen LogP contribution in [0.1, 0.15) is 44.5 Å². The molecule has 0 aliphatic carbocycles. The second-order valence-corrected chi connectivity index (χ2v) is 14.2. The average Bonchev–Trinajstić information content (AvgIpc) is 3.67. The van der Waals surface area contributed by atoms with Gasteiger partial charge in [-0.05, 0) is 70.8 Å². The minimum atomic E-state index is -4.54. The van der Waals surface area contributed by atoms with Crippen LogP contribution in [0.2, 0.25) is 0 Å². The maximum atomic E-state index is 13.2. The van der Waals surface area contributed by atoms with Crippen molar-refractivity contribution in [1.82, 2.24) is 0 Å². The Morgan fingerprint density at radius 1 is 0.333 bits per heavy atom. The fourth-order valence-electron chi connectivity index (χ4n) is 7.06. The minimum absolute atomic E-state index is 0.0926. The SMILES string of the molecule is FC(F)(F)c1ccc(CO[C@H]2C[N+]3(C[C@@H]2OCc2ccc(C(F)(F)F)cc2)C[C@H](OCc2ccc(C(F)(F)F)cc2)[C@@H](OCc2ccc(C(F)(F)F)cc2)C3)cc1. The van der Waals surface area contributed by atoms with E-state index in [0.717, 1.165) is 48.5 Å². The first kappa shape index (κ1) is 42.4. The van der Waals surface area contributed by atoms with Gasteiger partial charge in [0.25, 0.3) is 0 Å². The molecule has 0 saturated carbocycles. The number of hydrogen-bond donors (Lipinski definition) is 0. The summed E-state index contributed by atoms with van der Waals surface area (Å²) >= 11 is 0. The second kappa shape index (κ2) is 16.6. The van der Waals surface area contributed by atoms with E-state index in [9.17, 15) is 52.7 Å². The van der Waals surface area contributed by atoms with E-state index in [-0.39, 0.29) is 30.9 Å². The first-order valence-corrected chi connectivity index (χ1v) is 17.6. The number of hydrogen-bond acceptors (Lipinski definition) is 4. The molecule has 6 rings (SSSR count). The molecule has 1 spiro atoms. The van der Waals surface area contributed by atoms with Gasteiger partial charge in [-0.3, -0.25) is 0 Å². The lowest BCUT2D eigenvalue weighted by Crippen LogP contribution is -2.46. The zero-order valence-electron chi connectivity index (χ0n) is 29.8. The van der Waals surface area contributed by atoms with E-state index in [4.69, 9.17) is 18.9 Å². The summed E-state index contributed by atoms with van der Waals surface area (Å²) in [5.74, 6) is 0. The van der Waals surface area contributed by atoms with Crippen LogP contribution in [0, 0.1) is 0 Å². The predicted octanol–water partition coefficient (Wildman–Crippen LogP) is 10.2. The topological polar surface area (TPSA) is 36.9 Å². The molecule has 2 aliphatic rings. The molecule has 5 nitrogen and oxygen atoms in total. The van der Waals surface area contributed by atoms with E-state index in [1.807, 2.05) is 0 Å². The summed E-state index contributed by atoms with van der Waals surface area (Å²) in [6.07, 6.45) is -20.8. The van der Waals surface area contributed by atoms with Crippen molar-refractivity contribution in [3.63, 3.8) is 0 Å². The highest BCUT2D eigenvalue weighted by atomic mass is 19.4. The lowest BCUT2D eigenvalue weighted by Gasteiger charge is -2.29. The molecule has 0 N–H and O–H groups in total. The third-order valence-electron chi connectivity index (χ3n) is 10.1. The van der Waals surface area contributed by atoms with Crippen molar-refractivity contribution >= 4 is 0 Å². The van der Waals surface area contributed by atoms with Crippen molar-refractivity contribution in [2.24, 2.45) is 0 Å². The average molecular weight is 823 g/mol. The molecule has 0 amide bonds. The molecule has 2 aliphatic heterocycles. The van der Waals surface area contributed by atoms with Gasteiger partial charge in [-0.15, -0.1) is 0 Å². The lowest BCUT2D eigenvalue weighted by atomic mass is 10.1. The number of halogens is 12. The molecule has 0 aromatic heterocycles. The molecule has 4 aromatic rings. The molecule has 0 radical (unpaired) electrons. The van der Waals surface area contributed by atoms with Crippen LogP contribution in [0.4, 0.5) is 52.7 Å². The summed E-state index contributed by atoms with van der Waals surface area (Å²) in [5.41, 5.74) is -1.57. The van der Waals surface area contributed by atoms with Crippen LogP contribution in [-0.2, 0) is 70.1 Å².